The van der Waals surface area contributed by atoms with E-state index < -0.39 is 13.0 Å². The summed E-state index contributed by atoms with van der Waals surface area (Å²) in [5.41, 5.74) is 0. The molecule has 0 aromatic heterocycles. The molecule has 1 atom stereocenters. The predicted octanol–water partition coefficient (Wildman–Crippen LogP) is 8.01. The van der Waals surface area contributed by atoms with Crippen LogP contribution in [0.3, 0.4) is 0 Å². The van der Waals surface area contributed by atoms with Crippen LogP contribution in [0.15, 0.2) is 12.2 Å². The highest BCUT2D eigenvalue weighted by molar-refractivity contribution is 7.32. The van der Waals surface area contributed by atoms with Crippen LogP contribution >= 0.6 is 7.68 Å². The van der Waals surface area contributed by atoms with Gasteiger partial charge in [-0.3, -0.25) is 0 Å². The Kier molecular flexibility index (Phi) is 15.3. The average Bonchev–Trinajstić information content (AvgIpc) is 2.60. The Hall–Kier alpha value is -0.400. The first-order valence-corrected chi connectivity index (χ1v) is 12.6. The molecule has 0 saturated carbocycles. The SMILES string of the molecule is CC=CCCCCCCCCCCCCCCC(CC)(P(=O)=O)[N+](C)(C)C. The van der Waals surface area contributed by atoms with Crippen LogP contribution in [-0.2, 0) is 9.13 Å². The molecule has 0 fully saturated rings. The van der Waals surface area contributed by atoms with Gasteiger partial charge in [-0.05, 0) is 26.2 Å². The van der Waals surface area contributed by atoms with Crippen molar-refractivity contribution in [3.63, 3.8) is 0 Å². The molecule has 0 aromatic rings. The topological polar surface area (TPSA) is 34.1 Å². The predicted molar refractivity (Wildman–Crippen MR) is 119 cm³/mol. The first-order chi connectivity index (χ1) is 12.8. The van der Waals surface area contributed by atoms with Crippen molar-refractivity contribution in [1.82, 2.24) is 0 Å². The van der Waals surface area contributed by atoms with Crippen LogP contribution in [0.25, 0.3) is 0 Å². The summed E-state index contributed by atoms with van der Waals surface area (Å²) in [4.78, 5) is 0. The van der Waals surface area contributed by atoms with Gasteiger partial charge in [0.1, 0.15) is 0 Å². The molecule has 1 unspecified atom stereocenters. The lowest BCUT2D eigenvalue weighted by molar-refractivity contribution is -0.908. The van der Waals surface area contributed by atoms with Crippen molar-refractivity contribution in [2.75, 3.05) is 21.1 Å². The lowest BCUT2D eigenvalue weighted by Crippen LogP contribution is -2.53. The van der Waals surface area contributed by atoms with E-state index >= 15 is 0 Å². The largest absolute Gasteiger partial charge is 0.378 e. The summed E-state index contributed by atoms with van der Waals surface area (Å²) in [6.45, 7) is 4.11. The van der Waals surface area contributed by atoms with Crippen LogP contribution in [0.2, 0.25) is 0 Å². The van der Waals surface area contributed by atoms with Crippen molar-refractivity contribution >= 4 is 7.68 Å². The van der Waals surface area contributed by atoms with Crippen molar-refractivity contribution in [2.24, 2.45) is 0 Å². The van der Waals surface area contributed by atoms with Gasteiger partial charge in [-0.2, -0.15) is 0 Å². The van der Waals surface area contributed by atoms with Gasteiger partial charge in [0.05, 0.1) is 21.1 Å². The van der Waals surface area contributed by atoms with E-state index in [1.807, 2.05) is 28.1 Å². The fourth-order valence-electron chi connectivity index (χ4n) is 4.06. The first-order valence-electron chi connectivity index (χ1n) is 11.4. The molecule has 0 saturated heterocycles. The third-order valence-electron chi connectivity index (χ3n) is 6.09. The van der Waals surface area contributed by atoms with Gasteiger partial charge in [0.2, 0.25) is 5.28 Å². The van der Waals surface area contributed by atoms with E-state index in [9.17, 15) is 9.13 Å². The second-order valence-corrected chi connectivity index (χ2v) is 10.3. The van der Waals surface area contributed by atoms with Crippen molar-refractivity contribution in [3.05, 3.63) is 12.2 Å². The maximum atomic E-state index is 11.9. The van der Waals surface area contributed by atoms with Gasteiger partial charge in [-0.1, -0.05) is 83.3 Å². The molecule has 4 heteroatoms. The molecule has 0 aliphatic rings. The third-order valence-corrected chi connectivity index (χ3v) is 7.91. The second kappa shape index (κ2) is 15.5. The minimum absolute atomic E-state index is 0.511. The zero-order chi connectivity index (χ0) is 20.6. The summed E-state index contributed by atoms with van der Waals surface area (Å²) in [7, 11) is 3.62. The molecule has 160 valence electrons. The van der Waals surface area contributed by atoms with Gasteiger partial charge < -0.3 is 4.48 Å². The lowest BCUT2D eigenvalue weighted by Gasteiger charge is -2.40. The summed E-state index contributed by atoms with van der Waals surface area (Å²) < 4.78 is 24.3. The molecule has 0 heterocycles. The van der Waals surface area contributed by atoms with Crippen molar-refractivity contribution < 1.29 is 13.6 Å². The monoisotopic (exact) mass is 400 g/mol. The van der Waals surface area contributed by atoms with E-state index in [0.717, 1.165) is 19.3 Å². The third kappa shape index (κ3) is 11.3. The highest BCUT2D eigenvalue weighted by atomic mass is 31.1. The zero-order valence-electron chi connectivity index (χ0n) is 19.0. The zero-order valence-corrected chi connectivity index (χ0v) is 19.9. The number of hydrogen-bond acceptors (Lipinski definition) is 2. The van der Waals surface area contributed by atoms with E-state index in [1.165, 1.54) is 70.6 Å². The Morgan fingerprint density at radius 3 is 1.48 bits per heavy atom. The number of unbranched alkanes of at least 4 members (excludes halogenated alkanes) is 12. The minimum Gasteiger partial charge on any atom is -0.314 e. The highest BCUT2D eigenvalue weighted by Gasteiger charge is 2.46. The number of rotatable bonds is 18. The van der Waals surface area contributed by atoms with E-state index in [-0.39, 0.29) is 0 Å². The molecule has 0 aromatic carbocycles. The quantitative estimate of drug-likeness (QED) is 0.101. The van der Waals surface area contributed by atoms with Gasteiger partial charge in [0, 0.05) is 12.8 Å². The Balaban J connectivity index is 3.64. The van der Waals surface area contributed by atoms with Gasteiger partial charge in [-0.25, -0.2) is 9.13 Å². The normalized spacial score (nSPS) is 14.6. The van der Waals surface area contributed by atoms with Gasteiger partial charge >= 0.3 is 7.68 Å². The summed E-state index contributed by atoms with van der Waals surface area (Å²) in [6.07, 6.45) is 22.9. The van der Waals surface area contributed by atoms with E-state index in [1.54, 1.807) is 0 Å². The molecule has 0 N–H and O–H groups in total. The highest BCUT2D eigenvalue weighted by Crippen LogP contribution is 2.43. The summed E-state index contributed by atoms with van der Waals surface area (Å²) >= 11 is 0. The second-order valence-electron chi connectivity index (χ2n) is 8.96. The summed E-state index contributed by atoms with van der Waals surface area (Å²) in [5, 5.41) is -0.595. The standard InChI is InChI=1S/C23H47NO2P/c1-6-8-9-10-11-12-13-14-15-16-17-18-19-20-21-22-23(7-2,27(25)26)24(3,4)5/h6,8H,7,9-22H2,1-5H3/q+1. The van der Waals surface area contributed by atoms with Gasteiger partial charge in [0.25, 0.3) is 0 Å². The molecule has 0 rings (SSSR count). The average molecular weight is 401 g/mol. The number of hydrogen-bond donors (Lipinski definition) is 0. The van der Waals surface area contributed by atoms with E-state index in [2.05, 4.69) is 19.1 Å². The molecular weight excluding hydrogens is 353 g/mol. The van der Waals surface area contributed by atoms with E-state index in [4.69, 9.17) is 0 Å². The summed E-state index contributed by atoms with van der Waals surface area (Å²) in [5.74, 6) is 0. The number of allylic oxidation sites excluding steroid dienone is 2. The van der Waals surface area contributed by atoms with Crippen molar-refractivity contribution in [3.8, 4) is 0 Å². The lowest BCUT2D eigenvalue weighted by atomic mass is 10.0. The number of quaternary nitrogens is 1. The van der Waals surface area contributed by atoms with Crippen LogP contribution in [0.4, 0.5) is 0 Å². The summed E-state index contributed by atoms with van der Waals surface area (Å²) in [6, 6.07) is 0. The van der Waals surface area contributed by atoms with Crippen LogP contribution in [0.1, 0.15) is 110 Å². The molecule has 0 bridgehead atoms. The Labute approximate surface area is 170 Å². The Morgan fingerprint density at radius 2 is 1.15 bits per heavy atom. The van der Waals surface area contributed by atoms with E-state index in [0.29, 0.717) is 10.9 Å². The fraction of sp³-hybridized carbons (Fsp3) is 0.913. The molecule has 0 aliphatic heterocycles. The van der Waals surface area contributed by atoms with Gasteiger partial charge in [0.15, 0.2) is 0 Å². The number of nitrogens with zero attached hydrogens (tertiary/aromatic N) is 1. The van der Waals surface area contributed by atoms with Crippen molar-refractivity contribution in [2.45, 2.75) is 115 Å². The first kappa shape index (κ1) is 26.6. The smallest absolute Gasteiger partial charge is 0.314 e. The van der Waals surface area contributed by atoms with Crippen molar-refractivity contribution in [1.29, 1.82) is 0 Å². The molecule has 0 radical (unpaired) electrons. The van der Waals surface area contributed by atoms with Crippen LogP contribution < -0.4 is 0 Å². The maximum Gasteiger partial charge on any atom is 0.378 e. The minimum atomic E-state index is -2.41. The Morgan fingerprint density at radius 1 is 0.741 bits per heavy atom. The molecule has 27 heavy (non-hydrogen) atoms. The fourth-order valence-corrected chi connectivity index (χ4v) is 5.15. The maximum absolute atomic E-state index is 11.9. The molecule has 0 aliphatic carbocycles. The Bertz CT molecular complexity index is 444. The van der Waals surface area contributed by atoms with Gasteiger partial charge in [-0.15, -0.1) is 0 Å². The van der Waals surface area contributed by atoms with Crippen LogP contribution in [0, 0.1) is 0 Å². The molecule has 0 amide bonds. The molecule has 0 spiro atoms. The molecule has 3 nitrogen and oxygen atoms in total. The molecular formula is C23H47NO2P+. The van der Waals surface area contributed by atoms with Crippen LogP contribution in [-0.4, -0.2) is 30.9 Å². The van der Waals surface area contributed by atoms with Crippen LogP contribution in [0.5, 0.6) is 0 Å².